The highest BCUT2D eigenvalue weighted by molar-refractivity contribution is 7.81. The molecule has 8 heteroatoms. The topological polar surface area (TPSA) is 56.2 Å². The van der Waals surface area contributed by atoms with Crippen LogP contribution in [0, 0.1) is 0 Å². The molecule has 0 saturated heterocycles. The highest BCUT2D eigenvalue weighted by Gasteiger charge is 2.39. The molecule has 33 heavy (non-hydrogen) atoms. The third-order valence-corrected chi connectivity index (χ3v) is 6.59. The second kappa shape index (κ2) is 9.97. The average Bonchev–Trinajstić information content (AvgIpc) is 3.16. The van der Waals surface area contributed by atoms with E-state index in [0.717, 1.165) is 28.0 Å². The van der Waals surface area contributed by atoms with Crippen molar-refractivity contribution in [3.63, 3.8) is 0 Å². The molecule has 0 spiro atoms. The summed E-state index contributed by atoms with van der Waals surface area (Å²) in [5, 5.41) is 2.64. The van der Waals surface area contributed by atoms with Crippen molar-refractivity contribution in [2.24, 2.45) is 0 Å². The number of fused-ring (bicyclic) bond motifs is 1. The minimum atomic E-state index is -2.60. The Kier molecular flexibility index (Phi) is 7.69. The summed E-state index contributed by atoms with van der Waals surface area (Å²) in [6.07, 6.45) is 4.30. The number of halogens is 2. The molecule has 180 valence electrons. The van der Waals surface area contributed by atoms with Crippen LogP contribution in [-0.2, 0) is 14.4 Å². The van der Waals surface area contributed by atoms with Gasteiger partial charge in [0.2, 0.25) is 11.8 Å². The van der Waals surface area contributed by atoms with Crippen LogP contribution in [0.2, 0.25) is 0 Å². The summed E-state index contributed by atoms with van der Waals surface area (Å²) in [6, 6.07) is 5.93. The standard InChI is InChI=1S/C25H33F2N3O2S/c1-6-17(13-16(2)23(31)28-4)19-7-8-20-21(14-19)30(24(3,33)15-32-5)22(29-20)18-9-11-25(26,27)12-10-18/h6-8,13-14,18,33H,9-12,15H2,1-5H3,(H,28,31)/b16-13-,17-6+/t24-/m0/s1. The molecule has 2 aromatic rings. The number of allylic oxidation sites excluding steroid dienone is 3. The van der Waals surface area contributed by atoms with E-state index in [-0.39, 0.29) is 24.7 Å². The molecule has 1 amide bonds. The number of benzene rings is 1. The molecule has 1 aromatic heterocycles. The summed E-state index contributed by atoms with van der Waals surface area (Å²) in [5.41, 5.74) is 4.07. The molecule has 1 saturated carbocycles. The lowest BCUT2D eigenvalue weighted by Gasteiger charge is -2.33. The minimum absolute atomic E-state index is 0.0691. The largest absolute Gasteiger partial charge is 0.381 e. The number of nitrogens with one attached hydrogen (secondary N) is 1. The van der Waals surface area contributed by atoms with Crippen molar-refractivity contribution >= 4 is 35.1 Å². The molecule has 0 radical (unpaired) electrons. The second-order valence-corrected chi connectivity index (χ2v) is 9.90. The van der Waals surface area contributed by atoms with Gasteiger partial charge in [0.15, 0.2) is 0 Å². The van der Waals surface area contributed by atoms with Gasteiger partial charge < -0.3 is 14.6 Å². The highest BCUT2D eigenvalue weighted by atomic mass is 32.1. The molecule has 0 bridgehead atoms. The van der Waals surface area contributed by atoms with Crippen LogP contribution in [0.4, 0.5) is 8.78 Å². The van der Waals surface area contributed by atoms with E-state index >= 15 is 0 Å². The Morgan fingerprint density at radius 2 is 2.06 bits per heavy atom. The fourth-order valence-corrected chi connectivity index (χ4v) is 4.86. The number of imidazole rings is 1. The van der Waals surface area contributed by atoms with Crippen molar-refractivity contribution in [2.75, 3.05) is 20.8 Å². The van der Waals surface area contributed by atoms with E-state index in [2.05, 4.69) is 5.32 Å². The van der Waals surface area contributed by atoms with Crippen LogP contribution in [0.5, 0.6) is 0 Å². The Balaban J connectivity index is 2.13. The lowest BCUT2D eigenvalue weighted by atomic mass is 9.86. The lowest BCUT2D eigenvalue weighted by molar-refractivity contribution is -0.116. The molecule has 1 heterocycles. The molecule has 1 N–H and O–H groups in total. The maximum absolute atomic E-state index is 13.8. The van der Waals surface area contributed by atoms with Gasteiger partial charge in [-0.25, -0.2) is 13.8 Å². The Labute approximate surface area is 199 Å². The van der Waals surface area contributed by atoms with Crippen LogP contribution >= 0.6 is 12.6 Å². The fourth-order valence-electron chi connectivity index (χ4n) is 4.52. The van der Waals surface area contributed by atoms with Crippen molar-refractivity contribution < 1.29 is 18.3 Å². The Hall–Kier alpha value is -2.19. The van der Waals surface area contributed by atoms with Crippen LogP contribution in [0.1, 0.15) is 63.8 Å². The first-order valence-electron chi connectivity index (χ1n) is 11.2. The number of alkyl halides is 2. The van der Waals surface area contributed by atoms with E-state index < -0.39 is 10.8 Å². The number of nitrogens with zero attached hydrogens (tertiary/aromatic N) is 2. The number of hydrogen-bond acceptors (Lipinski definition) is 4. The number of aromatic nitrogens is 2. The quantitative estimate of drug-likeness (QED) is 0.307. The average molecular weight is 478 g/mol. The zero-order chi connectivity index (χ0) is 24.4. The summed E-state index contributed by atoms with van der Waals surface area (Å²) in [4.78, 5) is 16.1. The van der Waals surface area contributed by atoms with Gasteiger partial charge in [0.05, 0.1) is 17.6 Å². The number of carbonyl (C=O) groups excluding carboxylic acids is 1. The number of ether oxygens (including phenoxy) is 1. The zero-order valence-corrected chi connectivity index (χ0v) is 20.8. The summed E-state index contributed by atoms with van der Waals surface area (Å²) >= 11 is 4.90. The Bertz CT molecular complexity index is 1080. The lowest BCUT2D eigenvalue weighted by Crippen LogP contribution is -2.33. The molecular formula is C25H33F2N3O2S. The van der Waals surface area contributed by atoms with Crippen molar-refractivity contribution in [3.05, 3.63) is 47.3 Å². The van der Waals surface area contributed by atoms with Crippen molar-refractivity contribution in [2.45, 2.75) is 63.2 Å². The van der Waals surface area contributed by atoms with E-state index in [1.54, 1.807) is 21.1 Å². The maximum atomic E-state index is 13.8. The van der Waals surface area contributed by atoms with Crippen LogP contribution < -0.4 is 5.32 Å². The number of thiol groups is 1. The number of methoxy groups -OCH3 is 1. The third kappa shape index (κ3) is 5.49. The number of rotatable bonds is 7. The van der Waals surface area contributed by atoms with Gasteiger partial charge in [-0.3, -0.25) is 4.79 Å². The van der Waals surface area contributed by atoms with E-state index in [0.29, 0.717) is 25.0 Å². The molecule has 1 aliphatic carbocycles. The monoisotopic (exact) mass is 477 g/mol. The predicted octanol–water partition coefficient (Wildman–Crippen LogP) is 5.67. The molecule has 3 rings (SSSR count). The molecule has 1 fully saturated rings. The molecule has 0 aliphatic heterocycles. The number of likely N-dealkylation sites (N-methyl/N-ethyl adjacent to an activating group) is 1. The first kappa shape index (κ1) is 25.4. The smallest absolute Gasteiger partial charge is 0.248 e. The molecule has 1 atom stereocenters. The number of amides is 1. The van der Waals surface area contributed by atoms with E-state index in [1.807, 2.05) is 48.8 Å². The molecule has 1 aliphatic rings. The Morgan fingerprint density at radius 1 is 1.39 bits per heavy atom. The van der Waals surface area contributed by atoms with Crippen LogP contribution in [0.25, 0.3) is 16.6 Å². The first-order chi connectivity index (χ1) is 15.5. The van der Waals surface area contributed by atoms with Gasteiger partial charge in [-0.15, -0.1) is 12.6 Å². The molecule has 5 nitrogen and oxygen atoms in total. The van der Waals surface area contributed by atoms with E-state index in [1.165, 1.54) is 0 Å². The number of hydrogen-bond donors (Lipinski definition) is 2. The highest BCUT2D eigenvalue weighted by Crippen LogP contribution is 2.43. The van der Waals surface area contributed by atoms with Gasteiger partial charge in [0, 0.05) is 38.5 Å². The van der Waals surface area contributed by atoms with Crippen LogP contribution in [0.15, 0.2) is 35.9 Å². The SMILES string of the molecule is C/C=C(\C=C(\C)C(=O)NC)c1ccc2nc(C3CCC(F)(F)CC3)n([C@@](C)(S)COC)c2c1. The van der Waals surface area contributed by atoms with Crippen molar-refractivity contribution in [1.82, 2.24) is 14.9 Å². The van der Waals surface area contributed by atoms with E-state index in [4.69, 9.17) is 22.3 Å². The van der Waals surface area contributed by atoms with Gasteiger partial charge in [-0.05, 0) is 63.0 Å². The first-order valence-corrected chi connectivity index (χ1v) is 11.7. The molecule has 0 unspecified atom stereocenters. The second-order valence-electron chi connectivity index (χ2n) is 8.94. The normalized spacial score (nSPS) is 19.5. The summed E-state index contributed by atoms with van der Waals surface area (Å²) in [5.74, 6) is -2.04. The predicted molar refractivity (Wildman–Crippen MR) is 132 cm³/mol. The van der Waals surface area contributed by atoms with Gasteiger partial charge in [0.25, 0.3) is 0 Å². The zero-order valence-electron chi connectivity index (χ0n) is 19.9. The number of carbonyl (C=O) groups is 1. The fraction of sp³-hybridized carbons (Fsp3) is 0.520. The summed E-state index contributed by atoms with van der Waals surface area (Å²) in [6.45, 7) is 5.96. The molecule has 1 aromatic carbocycles. The molecular weight excluding hydrogens is 444 g/mol. The third-order valence-electron chi connectivity index (χ3n) is 6.26. The summed E-state index contributed by atoms with van der Waals surface area (Å²) in [7, 11) is 3.22. The van der Waals surface area contributed by atoms with Crippen molar-refractivity contribution in [3.8, 4) is 0 Å². The van der Waals surface area contributed by atoms with E-state index in [9.17, 15) is 13.6 Å². The minimum Gasteiger partial charge on any atom is -0.381 e. The van der Waals surface area contributed by atoms with Gasteiger partial charge >= 0.3 is 0 Å². The maximum Gasteiger partial charge on any atom is 0.248 e. The van der Waals surface area contributed by atoms with Crippen molar-refractivity contribution in [1.29, 1.82) is 0 Å². The van der Waals surface area contributed by atoms with Crippen LogP contribution in [-0.4, -0.2) is 42.1 Å². The van der Waals surface area contributed by atoms with Crippen LogP contribution in [0.3, 0.4) is 0 Å². The van der Waals surface area contributed by atoms with Gasteiger partial charge in [0.1, 0.15) is 10.7 Å². The van der Waals surface area contributed by atoms with Gasteiger partial charge in [-0.1, -0.05) is 12.1 Å². The summed E-state index contributed by atoms with van der Waals surface area (Å²) < 4.78 is 35.1. The Morgan fingerprint density at radius 3 is 2.64 bits per heavy atom. The van der Waals surface area contributed by atoms with Gasteiger partial charge in [-0.2, -0.15) is 0 Å².